The van der Waals surface area contributed by atoms with Gasteiger partial charge in [0, 0.05) is 6.04 Å². The van der Waals surface area contributed by atoms with Crippen molar-refractivity contribution in [2.45, 2.75) is 25.3 Å². The van der Waals surface area contributed by atoms with E-state index in [2.05, 4.69) is 59.3 Å². The molecule has 20 heavy (non-hydrogen) atoms. The van der Waals surface area contributed by atoms with Gasteiger partial charge in [0.1, 0.15) is 5.75 Å². The Morgan fingerprint density at radius 3 is 2.45 bits per heavy atom. The number of halogens is 1. The van der Waals surface area contributed by atoms with Crippen molar-refractivity contribution in [3.05, 3.63) is 64.1 Å². The molecule has 0 heterocycles. The van der Waals surface area contributed by atoms with E-state index in [-0.39, 0.29) is 6.04 Å². The lowest BCUT2D eigenvalue weighted by Gasteiger charge is -2.20. The molecule has 0 aliphatic rings. The molecule has 0 aromatic heterocycles. The molecular weight excluding hydrogens is 314 g/mol. The summed E-state index contributed by atoms with van der Waals surface area (Å²) in [5.41, 5.74) is 8.86. The largest absolute Gasteiger partial charge is 0.496 e. The Morgan fingerprint density at radius 1 is 1.15 bits per heavy atom. The maximum absolute atomic E-state index is 6.36. The van der Waals surface area contributed by atoms with Crippen LogP contribution in [0.1, 0.15) is 24.0 Å². The zero-order valence-corrected chi connectivity index (χ0v) is 13.4. The van der Waals surface area contributed by atoms with Crippen LogP contribution in [-0.4, -0.2) is 13.2 Å². The lowest BCUT2D eigenvalue weighted by Crippen LogP contribution is -2.29. The molecule has 0 saturated carbocycles. The summed E-state index contributed by atoms with van der Waals surface area (Å²) in [4.78, 5) is 0. The van der Waals surface area contributed by atoms with E-state index in [1.807, 2.05) is 12.1 Å². The van der Waals surface area contributed by atoms with Gasteiger partial charge in [0.15, 0.2) is 0 Å². The van der Waals surface area contributed by atoms with Crippen LogP contribution in [0.2, 0.25) is 0 Å². The molecule has 0 saturated heterocycles. The Kier molecular flexibility index (Phi) is 5.21. The predicted molar refractivity (Wildman–Crippen MR) is 87.2 cm³/mol. The van der Waals surface area contributed by atoms with E-state index in [0.717, 1.165) is 16.6 Å². The number of hydrogen-bond acceptors (Lipinski definition) is 2. The van der Waals surface area contributed by atoms with Crippen molar-refractivity contribution in [1.82, 2.24) is 0 Å². The highest BCUT2D eigenvalue weighted by Gasteiger charge is 2.15. The van der Waals surface area contributed by atoms with Crippen molar-refractivity contribution in [1.29, 1.82) is 0 Å². The number of ether oxygens (including phenoxy) is 1. The summed E-state index contributed by atoms with van der Waals surface area (Å²) in [6.07, 6.45) is 0.846. The van der Waals surface area contributed by atoms with Crippen LogP contribution in [0.25, 0.3) is 0 Å². The molecule has 0 radical (unpaired) electrons. The zero-order valence-electron chi connectivity index (χ0n) is 11.8. The fourth-order valence-corrected chi connectivity index (χ4v) is 2.88. The van der Waals surface area contributed by atoms with E-state index in [1.54, 1.807) is 7.11 Å². The van der Waals surface area contributed by atoms with Gasteiger partial charge in [0.25, 0.3) is 0 Å². The Labute approximate surface area is 129 Å². The first-order chi connectivity index (χ1) is 9.61. The monoisotopic (exact) mass is 333 g/mol. The van der Waals surface area contributed by atoms with Crippen molar-refractivity contribution in [3.8, 4) is 5.75 Å². The van der Waals surface area contributed by atoms with Gasteiger partial charge in [-0.2, -0.15) is 0 Å². The number of nitrogens with two attached hydrogens (primary N) is 1. The number of benzene rings is 2. The summed E-state index contributed by atoms with van der Waals surface area (Å²) < 4.78 is 6.21. The first kappa shape index (κ1) is 15.1. The standard InChI is InChI=1S/C17H20BrNO/c1-12(14-6-4-3-5-7-14)16(19)11-13-8-9-17(20-2)15(18)10-13/h3-10,12,16H,11,19H2,1-2H3. The lowest BCUT2D eigenvalue weighted by molar-refractivity contribution is 0.412. The highest BCUT2D eigenvalue weighted by molar-refractivity contribution is 9.10. The molecule has 3 heteroatoms. The van der Waals surface area contributed by atoms with Crippen LogP contribution >= 0.6 is 15.9 Å². The fraction of sp³-hybridized carbons (Fsp3) is 0.294. The Morgan fingerprint density at radius 2 is 1.85 bits per heavy atom. The fourth-order valence-electron chi connectivity index (χ4n) is 2.29. The minimum atomic E-state index is 0.0951. The molecule has 2 nitrogen and oxygen atoms in total. The molecule has 2 rings (SSSR count). The molecule has 0 bridgehead atoms. The molecule has 106 valence electrons. The molecule has 0 fully saturated rings. The average molecular weight is 334 g/mol. The smallest absolute Gasteiger partial charge is 0.133 e. The van der Waals surface area contributed by atoms with Crippen LogP contribution in [0, 0.1) is 0 Å². The number of rotatable bonds is 5. The second kappa shape index (κ2) is 6.91. The van der Waals surface area contributed by atoms with Gasteiger partial charge >= 0.3 is 0 Å². The molecule has 2 atom stereocenters. The molecule has 0 amide bonds. The Balaban J connectivity index is 2.08. The van der Waals surface area contributed by atoms with Crippen LogP contribution in [-0.2, 0) is 6.42 Å². The first-order valence-corrected chi connectivity index (χ1v) is 7.54. The van der Waals surface area contributed by atoms with Gasteiger partial charge in [0.05, 0.1) is 11.6 Å². The van der Waals surface area contributed by atoms with E-state index in [0.29, 0.717) is 5.92 Å². The van der Waals surface area contributed by atoms with Gasteiger partial charge in [-0.1, -0.05) is 43.3 Å². The zero-order chi connectivity index (χ0) is 14.5. The third-order valence-electron chi connectivity index (χ3n) is 3.66. The van der Waals surface area contributed by atoms with Crippen molar-refractivity contribution < 1.29 is 4.74 Å². The minimum Gasteiger partial charge on any atom is -0.496 e. The van der Waals surface area contributed by atoms with Gasteiger partial charge < -0.3 is 10.5 Å². The maximum atomic E-state index is 6.36. The SMILES string of the molecule is COc1ccc(CC(N)C(C)c2ccccc2)cc1Br. The molecule has 2 aromatic rings. The second-order valence-corrected chi connectivity index (χ2v) is 5.89. The quantitative estimate of drug-likeness (QED) is 0.892. The molecule has 2 aromatic carbocycles. The van der Waals surface area contributed by atoms with E-state index in [1.165, 1.54) is 11.1 Å². The summed E-state index contributed by atoms with van der Waals surface area (Å²) >= 11 is 3.51. The normalized spacial score (nSPS) is 13.8. The molecule has 0 aliphatic heterocycles. The van der Waals surface area contributed by atoms with Crippen molar-refractivity contribution in [3.63, 3.8) is 0 Å². The average Bonchev–Trinajstić information content (AvgIpc) is 2.47. The highest BCUT2D eigenvalue weighted by Crippen LogP contribution is 2.27. The lowest BCUT2D eigenvalue weighted by atomic mass is 9.90. The van der Waals surface area contributed by atoms with Gasteiger partial charge in [-0.25, -0.2) is 0 Å². The van der Waals surface area contributed by atoms with E-state index < -0.39 is 0 Å². The van der Waals surface area contributed by atoms with Gasteiger partial charge in [-0.05, 0) is 51.5 Å². The molecule has 0 aliphatic carbocycles. The van der Waals surface area contributed by atoms with Crippen LogP contribution in [0.4, 0.5) is 0 Å². The van der Waals surface area contributed by atoms with Crippen LogP contribution in [0.5, 0.6) is 5.75 Å². The van der Waals surface area contributed by atoms with Crippen LogP contribution < -0.4 is 10.5 Å². The van der Waals surface area contributed by atoms with E-state index in [9.17, 15) is 0 Å². The van der Waals surface area contributed by atoms with Crippen molar-refractivity contribution in [2.24, 2.45) is 5.73 Å². The molecular formula is C17H20BrNO. The molecule has 0 spiro atoms. The summed E-state index contributed by atoms with van der Waals surface area (Å²) in [5, 5.41) is 0. The summed E-state index contributed by atoms with van der Waals surface area (Å²) in [6.45, 7) is 2.18. The van der Waals surface area contributed by atoms with E-state index >= 15 is 0 Å². The maximum Gasteiger partial charge on any atom is 0.133 e. The molecule has 2 N–H and O–H groups in total. The number of methoxy groups -OCH3 is 1. The van der Waals surface area contributed by atoms with Crippen LogP contribution in [0.3, 0.4) is 0 Å². The van der Waals surface area contributed by atoms with Crippen molar-refractivity contribution in [2.75, 3.05) is 7.11 Å². The van der Waals surface area contributed by atoms with Gasteiger partial charge in [-0.15, -0.1) is 0 Å². The second-order valence-electron chi connectivity index (χ2n) is 5.04. The predicted octanol–water partition coefficient (Wildman–Crippen LogP) is 4.13. The third-order valence-corrected chi connectivity index (χ3v) is 4.27. The van der Waals surface area contributed by atoms with E-state index in [4.69, 9.17) is 10.5 Å². The Hall–Kier alpha value is -1.32. The summed E-state index contributed by atoms with van der Waals surface area (Å²) in [7, 11) is 1.67. The topological polar surface area (TPSA) is 35.2 Å². The summed E-state index contributed by atoms with van der Waals surface area (Å²) in [5.74, 6) is 1.18. The van der Waals surface area contributed by atoms with Gasteiger partial charge in [-0.3, -0.25) is 0 Å². The number of hydrogen-bond donors (Lipinski definition) is 1. The third kappa shape index (κ3) is 3.62. The molecule has 2 unspecified atom stereocenters. The highest BCUT2D eigenvalue weighted by atomic mass is 79.9. The van der Waals surface area contributed by atoms with Crippen molar-refractivity contribution >= 4 is 15.9 Å². The Bertz CT molecular complexity index is 556. The summed E-state index contributed by atoms with van der Waals surface area (Å²) in [6, 6.07) is 16.6. The minimum absolute atomic E-state index is 0.0951. The van der Waals surface area contributed by atoms with Gasteiger partial charge in [0.2, 0.25) is 0 Å². The first-order valence-electron chi connectivity index (χ1n) is 6.74. The van der Waals surface area contributed by atoms with Crippen LogP contribution in [0.15, 0.2) is 53.0 Å².